The first-order valence-corrected chi connectivity index (χ1v) is 7.57. The van der Waals surface area contributed by atoms with Crippen molar-refractivity contribution in [1.82, 2.24) is 15.1 Å². The zero-order valence-corrected chi connectivity index (χ0v) is 12.4. The number of aromatic nitrogens is 2. The Bertz CT molecular complexity index is 651. The first-order valence-electron chi connectivity index (χ1n) is 7.57. The lowest BCUT2D eigenvalue weighted by Gasteiger charge is -2.32. The van der Waals surface area contributed by atoms with Crippen molar-refractivity contribution in [2.75, 3.05) is 7.05 Å². The molecule has 1 aliphatic carbocycles. The van der Waals surface area contributed by atoms with Crippen LogP contribution >= 0.6 is 0 Å². The quantitative estimate of drug-likeness (QED) is 0.878. The van der Waals surface area contributed by atoms with Crippen molar-refractivity contribution in [2.45, 2.75) is 37.8 Å². The number of benzene rings is 1. The van der Waals surface area contributed by atoms with Crippen LogP contribution in [0.5, 0.6) is 0 Å². The van der Waals surface area contributed by atoms with Gasteiger partial charge in [0.25, 0.3) is 0 Å². The third-order valence-electron chi connectivity index (χ3n) is 4.95. The molecule has 0 aliphatic heterocycles. The third-order valence-corrected chi connectivity index (χ3v) is 4.95. The summed E-state index contributed by atoms with van der Waals surface area (Å²) in [7, 11) is 1.84. The summed E-state index contributed by atoms with van der Waals surface area (Å²) in [5.74, 6) is 0.0563. The van der Waals surface area contributed by atoms with Crippen LogP contribution in [0.2, 0.25) is 0 Å². The van der Waals surface area contributed by atoms with E-state index in [4.69, 9.17) is 5.73 Å². The number of aryl methyl sites for hydroxylation is 1. The maximum absolute atomic E-state index is 11.9. The van der Waals surface area contributed by atoms with Gasteiger partial charge < -0.3 is 11.1 Å². The fraction of sp³-hybridized carbons (Fsp3) is 0.500. The molecule has 5 nitrogen and oxygen atoms in total. The monoisotopic (exact) mass is 286 g/mol. The standard InChI is InChI=1S/C16H22N4O/c1-18-16(15(17)21)9-4-6-13(16)8-10-20-14-7-3-2-5-12(14)11-19-20/h2-3,5,7,11,13,18H,4,6,8-10H2,1H3,(H2,17,21). The highest BCUT2D eigenvalue weighted by molar-refractivity contribution is 5.85. The Hall–Kier alpha value is -1.88. The Balaban J connectivity index is 1.76. The minimum atomic E-state index is -0.539. The number of nitrogens with one attached hydrogen (secondary N) is 1. The van der Waals surface area contributed by atoms with Crippen LogP contribution < -0.4 is 11.1 Å². The molecule has 5 heteroatoms. The highest BCUT2D eigenvalue weighted by Crippen LogP contribution is 2.38. The fourth-order valence-corrected chi connectivity index (χ4v) is 3.73. The highest BCUT2D eigenvalue weighted by Gasteiger charge is 2.46. The van der Waals surface area contributed by atoms with E-state index in [0.29, 0.717) is 0 Å². The smallest absolute Gasteiger partial charge is 0.238 e. The van der Waals surface area contributed by atoms with E-state index < -0.39 is 5.54 Å². The largest absolute Gasteiger partial charge is 0.368 e. The molecule has 2 aromatic rings. The van der Waals surface area contributed by atoms with Gasteiger partial charge in [0.15, 0.2) is 0 Å². The van der Waals surface area contributed by atoms with Gasteiger partial charge >= 0.3 is 0 Å². The van der Waals surface area contributed by atoms with E-state index in [-0.39, 0.29) is 11.8 Å². The van der Waals surface area contributed by atoms with Crippen LogP contribution in [-0.2, 0) is 11.3 Å². The second-order valence-electron chi connectivity index (χ2n) is 5.89. The average molecular weight is 286 g/mol. The highest BCUT2D eigenvalue weighted by atomic mass is 16.1. The van der Waals surface area contributed by atoms with Crippen LogP contribution in [0.25, 0.3) is 10.9 Å². The molecule has 112 valence electrons. The molecule has 3 rings (SSSR count). The first kappa shape index (κ1) is 14.1. The van der Waals surface area contributed by atoms with Gasteiger partial charge in [0.2, 0.25) is 5.91 Å². The minimum absolute atomic E-state index is 0.224. The molecule has 0 radical (unpaired) electrons. The molecule has 2 atom stereocenters. The van der Waals surface area contributed by atoms with Crippen molar-refractivity contribution in [2.24, 2.45) is 11.7 Å². The van der Waals surface area contributed by atoms with Gasteiger partial charge in [-0.1, -0.05) is 24.6 Å². The summed E-state index contributed by atoms with van der Waals surface area (Å²) < 4.78 is 2.02. The van der Waals surface area contributed by atoms with E-state index in [0.717, 1.165) is 43.1 Å². The Morgan fingerprint density at radius 3 is 3.10 bits per heavy atom. The molecule has 1 aliphatic rings. The first-order chi connectivity index (χ1) is 10.2. The van der Waals surface area contributed by atoms with Crippen molar-refractivity contribution < 1.29 is 4.79 Å². The van der Waals surface area contributed by atoms with Gasteiger partial charge in [0, 0.05) is 11.9 Å². The number of likely N-dealkylation sites (N-methyl/N-ethyl adjacent to an activating group) is 1. The number of nitrogens with two attached hydrogens (primary N) is 1. The van der Waals surface area contributed by atoms with Crippen LogP contribution in [0.3, 0.4) is 0 Å². The number of amides is 1. The number of hydrogen-bond donors (Lipinski definition) is 2. The van der Waals surface area contributed by atoms with E-state index in [1.165, 1.54) is 0 Å². The van der Waals surface area contributed by atoms with Crippen LogP contribution in [-0.4, -0.2) is 28.3 Å². The van der Waals surface area contributed by atoms with E-state index in [1.54, 1.807) is 0 Å². The molecule has 1 fully saturated rings. The molecule has 1 heterocycles. The Kier molecular flexibility index (Phi) is 3.68. The Morgan fingerprint density at radius 2 is 2.33 bits per heavy atom. The molecule has 1 saturated carbocycles. The summed E-state index contributed by atoms with van der Waals surface area (Å²) in [5.41, 5.74) is 6.25. The summed E-state index contributed by atoms with van der Waals surface area (Å²) in [4.78, 5) is 11.9. The zero-order valence-electron chi connectivity index (χ0n) is 12.4. The van der Waals surface area contributed by atoms with Crippen molar-refractivity contribution in [3.05, 3.63) is 30.5 Å². The van der Waals surface area contributed by atoms with Crippen molar-refractivity contribution in [3.8, 4) is 0 Å². The number of nitrogens with zero attached hydrogens (tertiary/aromatic N) is 2. The topological polar surface area (TPSA) is 72.9 Å². The lowest BCUT2D eigenvalue weighted by molar-refractivity contribution is -0.125. The second kappa shape index (κ2) is 5.48. The number of para-hydroxylation sites is 1. The Morgan fingerprint density at radius 1 is 1.52 bits per heavy atom. The molecule has 1 amide bonds. The lowest BCUT2D eigenvalue weighted by atomic mass is 9.84. The SMILES string of the molecule is CNC1(C(N)=O)CCCC1CCn1ncc2ccccc21. The third kappa shape index (κ3) is 2.31. The normalized spacial score (nSPS) is 25.5. The number of carbonyl (C=O) groups is 1. The fourth-order valence-electron chi connectivity index (χ4n) is 3.73. The number of rotatable bonds is 5. The summed E-state index contributed by atoms with van der Waals surface area (Å²) in [5, 5.41) is 8.80. The predicted octanol–water partition coefficient (Wildman–Crippen LogP) is 1.67. The van der Waals surface area contributed by atoms with Crippen LogP contribution in [0.1, 0.15) is 25.7 Å². The molecule has 0 saturated heterocycles. The van der Waals surface area contributed by atoms with Gasteiger partial charge in [-0.15, -0.1) is 0 Å². The van der Waals surface area contributed by atoms with E-state index in [9.17, 15) is 4.79 Å². The molecule has 1 aromatic carbocycles. The molecule has 2 unspecified atom stereocenters. The second-order valence-corrected chi connectivity index (χ2v) is 5.89. The summed E-state index contributed by atoms with van der Waals surface area (Å²) in [6.45, 7) is 0.814. The van der Waals surface area contributed by atoms with Gasteiger partial charge in [-0.3, -0.25) is 9.48 Å². The molecule has 0 spiro atoms. The van der Waals surface area contributed by atoms with E-state index in [2.05, 4.69) is 22.5 Å². The van der Waals surface area contributed by atoms with Gasteiger partial charge in [-0.05, 0) is 38.3 Å². The van der Waals surface area contributed by atoms with Gasteiger partial charge in [0.05, 0.1) is 11.7 Å². The van der Waals surface area contributed by atoms with Gasteiger partial charge in [-0.2, -0.15) is 5.10 Å². The van der Waals surface area contributed by atoms with E-state index in [1.807, 2.05) is 30.1 Å². The van der Waals surface area contributed by atoms with Crippen LogP contribution in [0.4, 0.5) is 0 Å². The number of carbonyl (C=O) groups excluding carboxylic acids is 1. The zero-order chi connectivity index (χ0) is 14.9. The van der Waals surface area contributed by atoms with Gasteiger partial charge in [0.1, 0.15) is 5.54 Å². The average Bonchev–Trinajstić information content (AvgIpc) is 3.09. The molecular formula is C16H22N4O. The molecule has 21 heavy (non-hydrogen) atoms. The number of primary amides is 1. The van der Waals surface area contributed by atoms with Crippen molar-refractivity contribution >= 4 is 16.8 Å². The summed E-state index contributed by atoms with van der Waals surface area (Å²) in [6.07, 6.45) is 5.74. The van der Waals surface area contributed by atoms with Crippen LogP contribution in [0.15, 0.2) is 30.5 Å². The molecule has 1 aromatic heterocycles. The minimum Gasteiger partial charge on any atom is -0.368 e. The van der Waals surface area contributed by atoms with Gasteiger partial charge in [-0.25, -0.2) is 0 Å². The maximum Gasteiger partial charge on any atom is 0.238 e. The number of fused-ring (bicyclic) bond motifs is 1. The molecule has 3 N–H and O–H groups in total. The van der Waals surface area contributed by atoms with E-state index >= 15 is 0 Å². The number of hydrogen-bond acceptors (Lipinski definition) is 3. The summed E-state index contributed by atoms with van der Waals surface area (Å²) >= 11 is 0. The summed E-state index contributed by atoms with van der Waals surface area (Å²) in [6, 6.07) is 8.19. The van der Waals surface area contributed by atoms with Crippen molar-refractivity contribution in [3.63, 3.8) is 0 Å². The predicted molar refractivity (Wildman–Crippen MR) is 82.7 cm³/mol. The Labute approximate surface area is 124 Å². The molecule has 0 bridgehead atoms. The lowest BCUT2D eigenvalue weighted by Crippen LogP contribution is -2.56. The molecular weight excluding hydrogens is 264 g/mol. The maximum atomic E-state index is 11.9. The van der Waals surface area contributed by atoms with Crippen LogP contribution in [0, 0.1) is 5.92 Å². The van der Waals surface area contributed by atoms with Crippen molar-refractivity contribution in [1.29, 1.82) is 0 Å².